The Morgan fingerprint density at radius 3 is 2.79 bits per heavy atom. The summed E-state index contributed by atoms with van der Waals surface area (Å²) in [4.78, 5) is 14.2. The lowest BCUT2D eigenvalue weighted by Gasteiger charge is -2.01. The van der Waals surface area contributed by atoms with Gasteiger partial charge < -0.3 is 10.7 Å². The minimum atomic E-state index is -0.198. The van der Waals surface area contributed by atoms with Crippen LogP contribution in [0.15, 0.2) is 41.7 Å². The van der Waals surface area contributed by atoms with Crippen molar-refractivity contribution in [2.45, 2.75) is 0 Å². The average Bonchev–Trinajstić information content (AvgIpc) is 2.16. The lowest BCUT2D eigenvalue weighted by molar-refractivity contribution is 1.27. The smallest absolute Gasteiger partial charge is 0.257 e. The second-order valence-corrected chi connectivity index (χ2v) is 3.12. The van der Waals surface area contributed by atoms with Crippen LogP contribution in [0, 0.1) is 0 Å². The van der Waals surface area contributed by atoms with Crippen LogP contribution in [-0.2, 0) is 0 Å². The number of nitrogens with two attached hydrogens (primary N) is 1. The van der Waals surface area contributed by atoms with Crippen LogP contribution >= 0.6 is 0 Å². The number of aromatic amines is 1. The van der Waals surface area contributed by atoms with Crippen LogP contribution in [0.1, 0.15) is 5.56 Å². The maximum Gasteiger partial charge on any atom is 0.257 e. The van der Waals surface area contributed by atoms with Gasteiger partial charge in [-0.15, -0.1) is 0 Å². The number of hydrogen-bond acceptors (Lipinski definition) is 2. The average molecular weight is 186 g/mol. The van der Waals surface area contributed by atoms with Crippen molar-refractivity contribution in [3.63, 3.8) is 0 Å². The van der Waals surface area contributed by atoms with Gasteiger partial charge in [-0.05, 0) is 17.5 Å². The molecule has 3 nitrogen and oxygen atoms in total. The number of aromatic nitrogens is 1. The van der Waals surface area contributed by atoms with E-state index in [1.807, 2.05) is 24.3 Å². The molecule has 2 aromatic rings. The monoisotopic (exact) mass is 186 g/mol. The highest BCUT2D eigenvalue weighted by Gasteiger charge is 2.02. The highest BCUT2D eigenvalue weighted by molar-refractivity contribution is 5.81. The number of fused-ring (bicyclic) bond motifs is 1. The lowest BCUT2D eigenvalue weighted by atomic mass is 10.1. The number of nitrogens with one attached hydrogen (secondary N) is 1. The molecule has 3 heteroatoms. The molecule has 0 spiro atoms. The summed E-state index contributed by atoms with van der Waals surface area (Å²) in [5.74, 6) is 0. The van der Waals surface area contributed by atoms with Crippen LogP contribution in [0.2, 0.25) is 0 Å². The Labute approximate surface area is 80.9 Å². The Hall–Kier alpha value is -2.03. The predicted octanol–water partition coefficient (Wildman–Crippen LogP) is 1.46. The molecule has 1 aromatic heterocycles. The van der Waals surface area contributed by atoms with E-state index in [0.29, 0.717) is 5.56 Å². The first kappa shape index (κ1) is 8.56. The molecule has 0 amide bonds. The van der Waals surface area contributed by atoms with Gasteiger partial charge in [0.05, 0.1) is 5.56 Å². The Morgan fingerprint density at radius 2 is 2.07 bits per heavy atom. The van der Waals surface area contributed by atoms with Crippen LogP contribution in [0.25, 0.3) is 16.6 Å². The van der Waals surface area contributed by atoms with Gasteiger partial charge in [0.2, 0.25) is 0 Å². The first-order valence-electron chi connectivity index (χ1n) is 4.25. The van der Waals surface area contributed by atoms with E-state index < -0.39 is 0 Å². The van der Waals surface area contributed by atoms with Crippen molar-refractivity contribution in [2.24, 2.45) is 5.73 Å². The summed E-state index contributed by atoms with van der Waals surface area (Å²) in [7, 11) is 0. The van der Waals surface area contributed by atoms with Crippen LogP contribution < -0.4 is 11.3 Å². The Bertz CT molecular complexity index is 554. The quantitative estimate of drug-likeness (QED) is 0.708. The van der Waals surface area contributed by atoms with E-state index in [9.17, 15) is 4.79 Å². The number of pyridine rings is 1. The number of H-pyrrole nitrogens is 1. The summed E-state index contributed by atoms with van der Waals surface area (Å²) in [5, 5.41) is 0.953. The fourth-order valence-electron chi connectivity index (χ4n) is 1.39. The third kappa shape index (κ3) is 1.29. The van der Waals surface area contributed by atoms with Gasteiger partial charge in [0.1, 0.15) is 0 Å². The summed E-state index contributed by atoms with van der Waals surface area (Å²) in [6, 6.07) is 9.28. The molecule has 3 N–H and O–H groups in total. The van der Waals surface area contributed by atoms with E-state index in [0.717, 1.165) is 10.9 Å². The van der Waals surface area contributed by atoms with Crippen LogP contribution in [0.5, 0.6) is 0 Å². The molecule has 0 aliphatic rings. The van der Waals surface area contributed by atoms with Crippen molar-refractivity contribution in [2.75, 3.05) is 0 Å². The molecule has 0 saturated heterocycles. The Kier molecular flexibility index (Phi) is 1.85. The molecule has 70 valence electrons. The fourth-order valence-corrected chi connectivity index (χ4v) is 1.39. The maximum atomic E-state index is 11.5. The van der Waals surface area contributed by atoms with E-state index in [1.165, 1.54) is 0 Å². The van der Waals surface area contributed by atoms with E-state index in [2.05, 4.69) is 11.6 Å². The first-order valence-corrected chi connectivity index (χ1v) is 4.25. The molecule has 2 rings (SSSR count). The van der Waals surface area contributed by atoms with Gasteiger partial charge in [-0.2, -0.15) is 0 Å². The van der Waals surface area contributed by atoms with Crippen molar-refractivity contribution in [3.8, 4) is 0 Å². The van der Waals surface area contributed by atoms with Gasteiger partial charge in [0, 0.05) is 11.2 Å². The topological polar surface area (TPSA) is 58.9 Å². The largest absolute Gasteiger partial charge is 0.399 e. The van der Waals surface area contributed by atoms with E-state index in [1.54, 1.807) is 6.07 Å². The molecule has 14 heavy (non-hydrogen) atoms. The second kappa shape index (κ2) is 3.03. The second-order valence-electron chi connectivity index (χ2n) is 3.12. The van der Waals surface area contributed by atoms with Gasteiger partial charge in [-0.3, -0.25) is 4.79 Å². The number of para-hydroxylation sites is 1. The summed E-state index contributed by atoms with van der Waals surface area (Å²) in [6.45, 7) is 3.55. The molecule has 0 aliphatic heterocycles. The van der Waals surface area contributed by atoms with Gasteiger partial charge in [0.15, 0.2) is 0 Å². The number of rotatable bonds is 1. The summed E-state index contributed by atoms with van der Waals surface area (Å²) in [5.41, 5.74) is 6.82. The first-order chi connectivity index (χ1) is 6.68. The Balaban J connectivity index is 2.84. The third-order valence-electron chi connectivity index (χ3n) is 2.10. The van der Waals surface area contributed by atoms with Crippen LogP contribution in [-0.4, -0.2) is 4.98 Å². The third-order valence-corrected chi connectivity index (χ3v) is 2.10. The van der Waals surface area contributed by atoms with Crippen molar-refractivity contribution in [1.29, 1.82) is 0 Å². The number of benzene rings is 1. The van der Waals surface area contributed by atoms with Crippen molar-refractivity contribution in [1.82, 2.24) is 4.98 Å². The minimum absolute atomic E-state index is 0.198. The predicted molar refractivity (Wildman–Crippen MR) is 57.8 cm³/mol. The number of hydrogen-bond donors (Lipinski definition) is 2. The molecule has 0 fully saturated rings. The molecule has 1 heterocycles. The molecule has 0 saturated carbocycles. The van der Waals surface area contributed by atoms with E-state index >= 15 is 0 Å². The molecule has 1 aromatic carbocycles. The zero-order valence-electron chi connectivity index (χ0n) is 7.58. The molecule has 0 unspecified atom stereocenters. The summed E-state index contributed by atoms with van der Waals surface area (Å²) in [6.07, 6.45) is 0. The van der Waals surface area contributed by atoms with Crippen molar-refractivity contribution in [3.05, 3.63) is 52.8 Å². The maximum absolute atomic E-state index is 11.5. The fraction of sp³-hybridized carbons (Fsp3) is 0. The lowest BCUT2D eigenvalue weighted by Crippen LogP contribution is -2.14. The summed E-state index contributed by atoms with van der Waals surface area (Å²) < 4.78 is 0. The van der Waals surface area contributed by atoms with Crippen LogP contribution in [0.4, 0.5) is 0 Å². The van der Waals surface area contributed by atoms with Crippen molar-refractivity contribution < 1.29 is 0 Å². The normalized spacial score (nSPS) is 10.3. The van der Waals surface area contributed by atoms with Crippen LogP contribution in [0.3, 0.4) is 0 Å². The summed E-state index contributed by atoms with van der Waals surface area (Å²) >= 11 is 0. The van der Waals surface area contributed by atoms with Gasteiger partial charge in [-0.1, -0.05) is 24.8 Å². The molecule has 0 aliphatic carbocycles. The minimum Gasteiger partial charge on any atom is -0.399 e. The highest BCUT2D eigenvalue weighted by atomic mass is 16.1. The highest BCUT2D eigenvalue weighted by Crippen LogP contribution is 2.11. The van der Waals surface area contributed by atoms with E-state index in [-0.39, 0.29) is 11.3 Å². The van der Waals surface area contributed by atoms with E-state index in [4.69, 9.17) is 5.73 Å². The van der Waals surface area contributed by atoms with Gasteiger partial charge >= 0.3 is 0 Å². The van der Waals surface area contributed by atoms with Gasteiger partial charge in [-0.25, -0.2) is 0 Å². The standard InChI is InChI=1S/C11H10N2O/c1-7(12)9-6-8-4-2-3-5-10(8)13-11(9)14/h2-6H,1,12H2,(H,13,14). The Morgan fingerprint density at radius 1 is 1.36 bits per heavy atom. The molecular formula is C11H10N2O. The molecule has 0 bridgehead atoms. The zero-order chi connectivity index (χ0) is 10.1. The zero-order valence-corrected chi connectivity index (χ0v) is 7.58. The SMILES string of the molecule is C=C(N)c1cc2ccccc2[nH]c1=O. The van der Waals surface area contributed by atoms with Gasteiger partial charge in [0.25, 0.3) is 5.56 Å². The molecule has 0 radical (unpaired) electrons. The molecule has 0 atom stereocenters. The van der Waals surface area contributed by atoms with Crippen molar-refractivity contribution >= 4 is 16.6 Å². The molecular weight excluding hydrogens is 176 g/mol.